The first-order valence-electron chi connectivity index (χ1n) is 7.45. The minimum Gasteiger partial charge on any atom is -0.484 e. The lowest BCUT2D eigenvalue weighted by Crippen LogP contribution is -2.20. The van der Waals surface area contributed by atoms with Crippen LogP contribution in [-0.4, -0.2) is 22.1 Å². The maximum absolute atomic E-state index is 12.0. The normalized spacial score (nSPS) is 10.7. The van der Waals surface area contributed by atoms with E-state index in [9.17, 15) is 4.79 Å². The number of anilines is 1. The lowest BCUT2D eigenvalue weighted by atomic mass is 10.2. The summed E-state index contributed by atoms with van der Waals surface area (Å²) in [5, 5.41) is 2.83. The topological polar surface area (TPSA) is 56.1 Å². The highest BCUT2D eigenvalue weighted by Gasteiger charge is 2.08. The molecule has 118 valence electrons. The van der Waals surface area contributed by atoms with Crippen molar-refractivity contribution in [2.24, 2.45) is 7.05 Å². The number of hydrogen-bond donors (Lipinski definition) is 1. The molecule has 1 amide bonds. The Morgan fingerprint density at radius 3 is 2.65 bits per heavy atom. The highest BCUT2D eigenvalue weighted by molar-refractivity contribution is 5.94. The maximum Gasteiger partial charge on any atom is 0.262 e. The summed E-state index contributed by atoms with van der Waals surface area (Å²) in [5.74, 6) is 1.42. The molecule has 23 heavy (non-hydrogen) atoms. The lowest BCUT2D eigenvalue weighted by molar-refractivity contribution is -0.118. The monoisotopic (exact) mass is 309 g/mol. The van der Waals surface area contributed by atoms with Gasteiger partial charge in [-0.3, -0.25) is 4.79 Å². The number of benzene rings is 2. The van der Waals surface area contributed by atoms with E-state index in [0.29, 0.717) is 11.4 Å². The van der Waals surface area contributed by atoms with Gasteiger partial charge in [0, 0.05) is 12.7 Å². The number of rotatable bonds is 4. The minimum absolute atomic E-state index is 0.0255. The van der Waals surface area contributed by atoms with E-state index in [2.05, 4.69) is 10.3 Å². The molecule has 0 unspecified atom stereocenters. The van der Waals surface area contributed by atoms with Crippen LogP contribution in [0.25, 0.3) is 11.0 Å². The second kappa shape index (κ2) is 6.12. The third-order valence-corrected chi connectivity index (χ3v) is 3.78. The number of ether oxygens (including phenoxy) is 1. The molecule has 5 nitrogen and oxygen atoms in total. The quantitative estimate of drug-likeness (QED) is 0.805. The van der Waals surface area contributed by atoms with Gasteiger partial charge in [0.2, 0.25) is 0 Å². The number of nitrogens with one attached hydrogen (secondary N) is 1. The van der Waals surface area contributed by atoms with Gasteiger partial charge in [-0.05, 0) is 44.2 Å². The van der Waals surface area contributed by atoms with Crippen LogP contribution in [0.15, 0.2) is 42.5 Å². The summed E-state index contributed by atoms with van der Waals surface area (Å²) in [5.41, 5.74) is 3.77. The molecule has 0 spiro atoms. The molecule has 0 fully saturated rings. The highest BCUT2D eigenvalue weighted by Crippen LogP contribution is 2.19. The molecular formula is C18H19N3O2. The summed E-state index contributed by atoms with van der Waals surface area (Å²) < 4.78 is 7.49. The first kappa shape index (κ1) is 15.1. The standard InChI is InChI=1S/C18H19N3O2/c1-12-4-7-15(8-5-12)23-11-18(22)20-14-6-9-17-16(10-14)19-13(2)21(17)3/h4-10H,11H2,1-3H3,(H,20,22). The van der Waals surface area contributed by atoms with Gasteiger partial charge in [-0.1, -0.05) is 17.7 Å². The van der Waals surface area contributed by atoms with Crippen molar-refractivity contribution >= 4 is 22.6 Å². The van der Waals surface area contributed by atoms with E-state index < -0.39 is 0 Å². The van der Waals surface area contributed by atoms with Crippen LogP contribution in [0.2, 0.25) is 0 Å². The summed E-state index contributed by atoms with van der Waals surface area (Å²) in [6, 6.07) is 13.3. The van der Waals surface area contributed by atoms with Gasteiger partial charge >= 0.3 is 0 Å². The molecule has 1 aromatic heterocycles. The third-order valence-electron chi connectivity index (χ3n) is 3.78. The van der Waals surface area contributed by atoms with Gasteiger partial charge in [0.05, 0.1) is 11.0 Å². The Hall–Kier alpha value is -2.82. The summed E-state index contributed by atoms with van der Waals surface area (Å²) in [6.45, 7) is 3.93. The van der Waals surface area contributed by atoms with Crippen LogP contribution in [0.4, 0.5) is 5.69 Å². The molecule has 0 radical (unpaired) electrons. The fourth-order valence-corrected chi connectivity index (χ4v) is 2.38. The van der Waals surface area contributed by atoms with Gasteiger partial charge < -0.3 is 14.6 Å². The highest BCUT2D eigenvalue weighted by atomic mass is 16.5. The number of carbonyl (C=O) groups excluding carboxylic acids is 1. The van der Waals surface area contributed by atoms with E-state index in [1.807, 2.05) is 67.9 Å². The van der Waals surface area contributed by atoms with Gasteiger partial charge in [-0.25, -0.2) is 4.98 Å². The van der Waals surface area contributed by atoms with Crippen molar-refractivity contribution in [3.8, 4) is 5.75 Å². The van der Waals surface area contributed by atoms with Crippen LogP contribution in [-0.2, 0) is 11.8 Å². The predicted octanol–water partition coefficient (Wildman–Crippen LogP) is 3.21. The molecule has 0 saturated carbocycles. The second-order valence-corrected chi connectivity index (χ2v) is 5.57. The Balaban J connectivity index is 1.64. The zero-order valence-electron chi connectivity index (χ0n) is 13.5. The number of aromatic nitrogens is 2. The number of carbonyl (C=O) groups is 1. The number of nitrogens with zero attached hydrogens (tertiary/aromatic N) is 2. The van der Waals surface area contributed by atoms with Crippen molar-refractivity contribution in [3.05, 3.63) is 53.9 Å². The van der Waals surface area contributed by atoms with Crippen molar-refractivity contribution in [2.45, 2.75) is 13.8 Å². The SMILES string of the molecule is Cc1ccc(OCC(=O)Nc2ccc3c(c2)nc(C)n3C)cc1. The van der Waals surface area contributed by atoms with E-state index >= 15 is 0 Å². The molecule has 0 bridgehead atoms. The number of amides is 1. The Labute approximate surface area is 134 Å². The average Bonchev–Trinajstić information content (AvgIpc) is 2.81. The molecule has 3 aromatic rings. The predicted molar refractivity (Wildman–Crippen MR) is 90.8 cm³/mol. The molecule has 2 aromatic carbocycles. The van der Waals surface area contributed by atoms with Crippen LogP contribution in [0.5, 0.6) is 5.75 Å². The number of imidazole rings is 1. The van der Waals surface area contributed by atoms with Crippen LogP contribution in [0.3, 0.4) is 0 Å². The van der Waals surface area contributed by atoms with Crippen LogP contribution < -0.4 is 10.1 Å². The van der Waals surface area contributed by atoms with E-state index in [0.717, 1.165) is 22.4 Å². The molecular weight excluding hydrogens is 290 g/mol. The van der Waals surface area contributed by atoms with Gasteiger partial charge in [0.1, 0.15) is 11.6 Å². The fourth-order valence-electron chi connectivity index (χ4n) is 2.38. The van der Waals surface area contributed by atoms with Crippen molar-refractivity contribution in [1.29, 1.82) is 0 Å². The maximum atomic E-state index is 12.0. The molecule has 0 aliphatic rings. The molecule has 1 heterocycles. The average molecular weight is 309 g/mol. The Morgan fingerprint density at radius 2 is 1.91 bits per heavy atom. The van der Waals surface area contributed by atoms with E-state index in [1.165, 1.54) is 0 Å². The summed E-state index contributed by atoms with van der Waals surface area (Å²) in [4.78, 5) is 16.5. The third kappa shape index (κ3) is 3.34. The number of fused-ring (bicyclic) bond motifs is 1. The van der Waals surface area contributed by atoms with Gasteiger partial charge in [-0.15, -0.1) is 0 Å². The molecule has 5 heteroatoms. The summed E-state index contributed by atoms with van der Waals surface area (Å²) in [6.07, 6.45) is 0. The van der Waals surface area contributed by atoms with Crippen molar-refractivity contribution in [3.63, 3.8) is 0 Å². The molecule has 3 rings (SSSR count). The Morgan fingerprint density at radius 1 is 1.17 bits per heavy atom. The van der Waals surface area contributed by atoms with Crippen LogP contribution in [0.1, 0.15) is 11.4 Å². The minimum atomic E-state index is -0.197. The first-order valence-corrected chi connectivity index (χ1v) is 7.45. The van der Waals surface area contributed by atoms with Crippen molar-refractivity contribution in [2.75, 3.05) is 11.9 Å². The fraction of sp³-hybridized carbons (Fsp3) is 0.222. The van der Waals surface area contributed by atoms with Crippen LogP contribution in [0, 0.1) is 13.8 Å². The molecule has 0 aliphatic heterocycles. The van der Waals surface area contributed by atoms with Crippen molar-refractivity contribution < 1.29 is 9.53 Å². The largest absolute Gasteiger partial charge is 0.484 e. The van der Waals surface area contributed by atoms with Gasteiger partial charge in [0.25, 0.3) is 5.91 Å². The van der Waals surface area contributed by atoms with E-state index in [-0.39, 0.29) is 12.5 Å². The first-order chi connectivity index (χ1) is 11.0. The molecule has 1 N–H and O–H groups in total. The van der Waals surface area contributed by atoms with Crippen molar-refractivity contribution in [1.82, 2.24) is 9.55 Å². The Kier molecular flexibility index (Phi) is 4.02. The Bertz CT molecular complexity index is 851. The molecule has 0 aliphatic carbocycles. The second-order valence-electron chi connectivity index (χ2n) is 5.57. The van der Waals surface area contributed by atoms with Gasteiger partial charge in [-0.2, -0.15) is 0 Å². The molecule has 0 saturated heterocycles. The zero-order valence-corrected chi connectivity index (χ0v) is 13.5. The summed E-state index contributed by atoms with van der Waals surface area (Å²) in [7, 11) is 1.97. The molecule has 0 atom stereocenters. The smallest absolute Gasteiger partial charge is 0.262 e. The number of hydrogen-bond acceptors (Lipinski definition) is 3. The van der Waals surface area contributed by atoms with E-state index in [1.54, 1.807) is 0 Å². The van der Waals surface area contributed by atoms with Crippen LogP contribution >= 0.6 is 0 Å². The van der Waals surface area contributed by atoms with Gasteiger partial charge in [0.15, 0.2) is 6.61 Å². The lowest BCUT2D eigenvalue weighted by Gasteiger charge is -2.08. The zero-order chi connectivity index (χ0) is 16.4. The summed E-state index contributed by atoms with van der Waals surface area (Å²) >= 11 is 0. The van der Waals surface area contributed by atoms with E-state index in [4.69, 9.17) is 4.74 Å². The number of aryl methyl sites for hydroxylation is 3.